The summed E-state index contributed by atoms with van der Waals surface area (Å²) in [6.07, 6.45) is -2.35. The Hall–Kier alpha value is -1.43. The molecule has 6 heteroatoms. The van der Waals surface area contributed by atoms with E-state index in [2.05, 4.69) is 43.1 Å². The van der Waals surface area contributed by atoms with Crippen molar-refractivity contribution in [1.82, 2.24) is 14.8 Å². The molecule has 0 radical (unpaired) electrons. The van der Waals surface area contributed by atoms with Crippen LogP contribution in [-0.2, 0) is 12.0 Å². The molecule has 120 valence electrons. The van der Waals surface area contributed by atoms with Gasteiger partial charge in [-0.2, -0.15) is 0 Å². The predicted molar refractivity (Wildman–Crippen MR) is 86.6 cm³/mol. The van der Waals surface area contributed by atoms with Gasteiger partial charge in [0.1, 0.15) is 0 Å². The molecule has 0 amide bonds. The average Bonchev–Trinajstić information content (AvgIpc) is 2.87. The van der Waals surface area contributed by atoms with Gasteiger partial charge in [-0.1, -0.05) is 56.8 Å². The van der Waals surface area contributed by atoms with Gasteiger partial charge in [0.05, 0.1) is 5.75 Å². The van der Waals surface area contributed by atoms with Crippen molar-refractivity contribution in [1.29, 1.82) is 0 Å². The maximum absolute atomic E-state index is 12.4. The summed E-state index contributed by atoms with van der Waals surface area (Å²) in [5.74, 6) is 0.459. The lowest BCUT2D eigenvalue weighted by Crippen LogP contribution is -2.10. The fourth-order valence-electron chi connectivity index (χ4n) is 2.15. The van der Waals surface area contributed by atoms with E-state index in [9.17, 15) is 8.78 Å². The third kappa shape index (κ3) is 3.85. The Morgan fingerprint density at radius 2 is 1.77 bits per heavy atom. The summed E-state index contributed by atoms with van der Waals surface area (Å²) in [6, 6.07) is 8.18. The zero-order valence-corrected chi connectivity index (χ0v) is 14.1. The van der Waals surface area contributed by atoms with Gasteiger partial charge in [-0.3, -0.25) is 0 Å². The first-order valence-corrected chi connectivity index (χ1v) is 8.26. The lowest BCUT2D eigenvalue weighted by Gasteiger charge is -2.19. The number of aromatic nitrogens is 3. The number of benzene rings is 1. The minimum absolute atomic E-state index is 0.0925. The summed E-state index contributed by atoms with van der Waals surface area (Å²) >= 11 is 1.04. The highest BCUT2D eigenvalue weighted by Crippen LogP contribution is 2.28. The van der Waals surface area contributed by atoms with Crippen LogP contribution in [0, 0.1) is 0 Å². The van der Waals surface area contributed by atoms with Crippen molar-refractivity contribution in [2.75, 3.05) is 5.75 Å². The standard InChI is InChI=1S/C16H21F2N3S/c1-5-21-14(19-20-15(21)22-10-13(17)18)11-6-8-12(9-7-11)16(2,3)4/h6-9,13H,5,10H2,1-4H3. The molecule has 0 aliphatic rings. The predicted octanol–water partition coefficient (Wildman–Crippen LogP) is 4.62. The van der Waals surface area contributed by atoms with Gasteiger partial charge in [0.2, 0.25) is 6.43 Å². The second kappa shape index (κ2) is 6.77. The summed E-state index contributed by atoms with van der Waals surface area (Å²) in [6.45, 7) is 9.10. The maximum atomic E-state index is 12.4. The van der Waals surface area contributed by atoms with E-state index >= 15 is 0 Å². The highest BCUT2D eigenvalue weighted by molar-refractivity contribution is 7.99. The van der Waals surface area contributed by atoms with E-state index in [1.807, 2.05) is 23.6 Å². The van der Waals surface area contributed by atoms with Crippen molar-refractivity contribution in [3.8, 4) is 11.4 Å². The number of alkyl halides is 2. The maximum Gasteiger partial charge on any atom is 0.248 e. The Balaban J connectivity index is 2.29. The van der Waals surface area contributed by atoms with E-state index in [1.54, 1.807) is 0 Å². The van der Waals surface area contributed by atoms with Gasteiger partial charge in [-0.25, -0.2) is 8.78 Å². The van der Waals surface area contributed by atoms with E-state index in [0.29, 0.717) is 11.7 Å². The average molecular weight is 325 g/mol. The molecule has 0 aliphatic carbocycles. The quantitative estimate of drug-likeness (QED) is 0.752. The molecule has 0 aliphatic heterocycles. The lowest BCUT2D eigenvalue weighted by molar-refractivity contribution is 0.176. The van der Waals surface area contributed by atoms with Crippen molar-refractivity contribution in [2.24, 2.45) is 0 Å². The first-order chi connectivity index (χ1) is 10.3. The topological polar surface area (TPSA) is 30.7 Å². The summed E-state index contributed by atoms with van der Waals surface area (Å²) in [4.78, 5) is 0. The minimum Gasteiger partial charge on any atom is -0.302 e. The van der Waals surface area contributed by atoms with E-state index in [4.69, 9.17) is 0 Å². The number of thioether (sulfide) groups is 1. The molecule has 0 N–H and O–H groups in total. The third-order valence-electron chi connectivity index (χ3n) is 3.38. The summed E-state index contributed by atoms with van der Waals surface area (Å²) in [5.41, 5.74) is 2.28. The molecule has 0 saturated heterocycles. The van der Waals surface area contributed by atoms with Crippen LogP contribution in [0.4, 0.5) is 8.78 Å². The first-order valence-electron chi connectivity index (χ1n) is 7.28. The SMILES string of the molecule is CCn1c(SCC(F)F)nnc1-c1ccc(C(C)(C)C)cc1. The Bertz CT molecular complexity index is 615. The van der Waals surface area contributed by atoms with Crippen molar-refractivity contribution in [2.45, 2.75) is 51.2 Å². The number of halogens is 2. The van der Waals surface area contributed by atoms with Crippen LogP contribution in [0.25, 0.3) is 11.4 Å². The molecule has 0 bridgehead atoms. The molecule has 1 aromatic carbocycles. The lowest BCUT2D eigenvalue weighted by atomic mass is 9.87. The number of hydrogen-bond donors (Lipinski definition) is 0. The highest BCUT2D eigenvalue weighted by atomic mass is 32.2. The van der Waals surface area contributed by atoms with Gasteiger partial charge in [0.25, 0.3) is 0 Å². The smallest absolute Gasteiger partial charge is 0.248 e. The van der Waals surface area contributed by atoms with Gasteiger partial charge >= 0.3 is 0 Å². The van der Waals surface area contributed by atoms with Crippen molar-refractivity contribution in [3.63, 3.8) is 0 Å². The van der Waals surface area contributed by atoms with Gasteiger partial charge in [0.15, 0.2) is 11.0 Å². The molecule has 22 heavy (non-hydrogen) atoms. The summed E-state index contributed by atoms with van der Waals surface area (Å²) in [7, 11) is 0. The summed E-state index contributed by atoms with van der Waals surface area (Å²) < 4.78 is 26.6. The van der Waals surface area contributed by atoms with Gasteiger partial charge in [-0.05, 0) is 17.9 Å². The minimum atomic E-state index is -2.35. The normalized spacial score (nSPS) is 12.1. The van der Waals surface area contributed by atoms with E-state index in [-0.39, 0.29) is 11.2 Å². The fourth-order valence-corrected chi connectivity index (χ4v) is 2.90. The molecular formula is C16H21F2N3S. The summed E-state index contributed by atoms with van der Waals surface area (Å²) in [5, 5.41) is 8.76. The molecule has 0 spiro atoms. The molecule has 0 saturated carbocycles. The number of hydrogen-bond acceptors (Lipinski definition) is 3. The van der Waals surface area contributed by atoms with Crippen LogP contribution in [-0.4, -0.2) is 26.9 Å². The van der Waals surface area contributed by atoms with Crippen LogP contribution in [0.2, 0.25) is 0 Å². The Morgan fingerprint density at radius 1 is 1.14 bits per heavy atom. The monoisotopic (exact) mass is 325 g/mol. The van der Waals surface area contributed by atoms with Crippen molar-refractivity contribution in [3.05, 3.63) is 29.8 Å². The Kier molecular flexibility index (Phi) is 5.21. The molecule has 1 heterocycles. The van der Waals surface area contributed by atoms with Gasteiger partial charge in [-0.15, -0.1) is 10.2 Å². The van der Waals surface area contributed by atoms with Crippen LogP contribution in [0.1, 0.15) is 33.3 Å². The van der Waals surface area contributed by atoms with E-state index in [0.717, 1.165) is 23.1 Å². The Labute approximate surface area is 134 Å². The molecule has 3 nitrogen and oxygen atoms in total. The first kappa shape index (κ1) is 16.9. The highest BCUT2D eigenvalue weighted by Gasteiger charge is 2.17. The molecular weight excluding hydrogens is 304 g/mol. The van der Waals surface area contributed by atoms with Crippen LogP contribution in [0.15, 0.2) is 29.4 Å². The van der Waals surface area contributed by atoms with E-state index in [1.165, 1.54) is 5.56 Å². The molecule has 2 aromatic rings. The van der Waals surface area contributed by atoms with Crippen LogP contribution in [0.5, 0.6) is 0 Å². The largest absolute Gasteiger partial charge is 0.302 e. The van der Waals surface area contributed by atoms with Crippen molar-refractivity contribution < 1.29 is 8.78 Å². The zero-order valence-electron chi connectivity index (χ0n) is 13.3. The fraction of sp³-hybridized carbons (Fsp3) is 0.500. The van der Waals surface area contributed by atoms with Crippen LogP contribution in [0.3, 0.4) is 0 Å². The molecule has 1 aromatic heterocycles. The molecule has 0 atom stereocenters. The number of rotatable bonds is 5. The van der Waals surface area contributed by atoms with Gasteiger partial charge < -0.3 is 4.57 Å². The van der Waals surface area contributed by atoms with E-state index < -0.39 is 6.43 Å². The zero-order chi connectivity index (χ0) is 16.3. The number of nitrogens with zero attached hydrogens (tertiary/aromatic N) is 3. The van der Waals surface area contributed by atoms with Crippen LogP contribution >= 0.6 is 11.8 Å². The van der Waals surface area contributed by atoms with Crippen LogP contribution < -0.4 is 0 Å². The second-order valence-corrected chi connectivity index (χ2v) is 7.07. The van der Waals surface area contributed by atoms with Gasteiger partial charge in [0, 0.05) is 12.1 Å². The third-order valence-corrected chi connectivity index (χ3v) is 4.36. The molecule has 2 rings (SSSR count). The van der Waals surface area contributed by atoms with Crippen molar-refractivity contribution >= 4 is 11.8 Å². The molecule has 0 unspecified atom stereocenters. The molecule has 0 fully saturated rings. The second-order valence-electron chi connectivity index (χ2n) is 6.08. The Morgan fingerprint density at radius 3 is 2.27 bits per heavy atom.